The topological polar surface area (TPSA) is 43.8 Å². The minimum atomic E-state index is -0.363. The average molecular weight is 276 g/mol. The van der Waals surface area contributed by atoms with Crippen LogP contribution in [0.15, 0.2) is 24.3 Å². The predicted molar refractivity (Wildman–Crippen MR) is 81.1 cm³/mol. The van der Waals surface area contributed by atoms with Gasteiger partial charge in [-0.05, 0) is 44.0 Å². The van der Waals surface area contributed by atoms with Gasteiger partial charge in [0.15, 0.2) is 0 Å². The van der Waals surface area contributed by atoms with Gasteiger partial charge in [0.05, 0.1) is 6.10 Å². The van der Waals surface area contributed by atoms with E-state index in [-0.39, 0.29) is 12.0 Å². The van der Waals surface area contributed by atoms with Gasteiger partial charge in [0.1, 0.15) is 0 Å². The van der Waals surface area contributed by atoms with Gasteiger partial charge in [-0.1, -0.05) is 6.92 Å². The second-order valence-corrected chi connectivity index (χ2v) is 5.32. The quantitative estimate of drug-likeness (QED) is 0.896. The van der Waals surface area contributed by atoms with Crippen molar-refractivity contribution in [2.45, 2.75) is 32.8 Å². The number of amides is 1. The lowest BCUT2D eigenvalue weighted by Gasteiger charge is -2.23. The molecule has 0 radical (unpaired) electrons. The lowest BCUT2D eigenvalue weighted by Crippen LogP contribution is -2.29. The van der Waals surface area contributed by atoms with Gasteiger partial charge in [0.25, 0.3) is 5.91 Å². The monoisotopic (exact) mass is 276 g/mol. The van der Waals surface area contributed by atoms with Crippen molar-refractivity contribution in [1.29, 1.82) is 0 Å². The Labute approximate surface area is 121 Å². The maximum Gasteiger partial charge on any atom is 0.253 e. The standard InChI is InChI=1S/C16H24N2O2/c1-3-10-17(4-2)14-7-5-13(6-8-14)16(20)18-11-9-15(19)12-18/h5-8,15,19H,3-4,9-12H2,1-2H3/t15-/m1/s1. The van der Waals surface area contributed by atoms with Crippen molar-refractivity contribution < 1.29 is 9.90 Å². The number of aliphatic hydroxyl groups is 1. The second kappa shape index (κ2) is 6.75. The number of carbonyl (C=O) groups excluding carboxylic acids is 1. The summed E-state index contributed by atoms with van der Waals surface area (Å²) in [5, 5.41) is 9.50. The zero-order valence-corrected chi connectivity index (χ0v) is 12.4. The number of nitrogens with zero attached hydrogens (tertiary/aromatic N) is 2. The van der Waals surface area contributed by atoms with Crippen molar-refractivity contribution in [3.05, 3.63) is 29.8 Å². The summed E-state index contributed by atoms with van der Waals surface area (Å²) in [6.07, 6.45) is 1.43. The Hall–Kier alpha value is -1.55. The summed E-state index contributed by atoms with van der Waals surface area (Å²) >= 11 is 0. The molecule has 1 heterocycles. The fourth-order valence-corrected chi connectivity index (χ4v) is 2.66. The predicted octanol–water partition coefficient (Wildman–Crippen LogP) is 2.13. The van der Waals surface area contributed by atoms with Crippen molar-refractivity contribution in [1.82, 2.24) is 4.90 Å². The SMILES string of the molecule is CCCN(CC)c1ccc(C(=O)N2CC[C@@H](O)C2)cc1. The molecule has 20 heavy (non-hydrogen) atoms. The highest BCUT2D eigenvalue weighted by molar-refractivity contribution is 5.94. The van der Waals surface area contributed by atoms with E-state index in [1.54, 1.807) is 4.90 Å². The number of benzene rings is 1. The summed E-state index contributed by atoms with van der Waals surface area (Å²) in [6.45, 7) is 7.41. The third kappa shape index (κ3) is 3.31. The molecule has 0 aromatic heterocycles. The lowest BCUT2D eigenvalue weighted by atomic mass is 10.1. The van der Waals surface area contributed by atoms with Crippen molar-refractivity contribution in [2.75, 3.05) is 31.1 Å². The molecule has 1 amide bonds. The average Bonchev–Trinajstić information content (AvgIpc) is 2.91. The van der Waals surface area contributed by atoms with E-state index in [2.05, 4.69) is 18.7 Å². The number of carbonyl (C=O) groups is 1. The van der Waals surface area contributed by atoms with Crippen LogP contribution in [0.2, 0.25) is 0 Å². The summed E-state index contributed by atoms with van der Waals surface area (Å²) in [5.41, 5.74) is 1.86. The highest BCUT2D eigenvalue weighted by atomic mass is 16.3. The third-order valence-electron chi connectivity index (χ3n) is 3.81. The van der Waals surface area contributed by atoms with E-state index >= 15 is 0 Å². The molecule has 1 N–H and O–H groups in total. The van der Waals surface area contributed by atoms with E-state index in [9.17, 15) is 9.90 Å². The number of rotatable bonds is 5. The van der Waals surface area contributed by atoms with Crippen LogP contribution in [0.3, 0.4) is 0 Å². The fraction of sp³-hybridized carbons (Fsp3) is 0.562. The van der Waals surface area contributed by atoms with Crippen LogP contribution in [-0.4, -0.2) is 48.2 Å². The van der Waals surface area contributed by atoms with Crippen molar-refractivity contribution >= 4 is 11.6 Å². The normalized spacial score (nSPS) is 18.4. The first-order valence-corrected chi connectivity index (χ1v) is 7.48. The fourth-order valence-electron chi connectivity index (χ4n) is 2.66. The van der Waals surface area contributed by atoms with Gasteiger partial charge in [-0.3, -0.25) is 4.79 Å². The van der Waals surface area contributed by atoms with Gasteiger partial charge in [-0.25, -0.2) is 0 Å². The van der Waals surface area contributed by atoms with Crippen LogP contribution in [0, 0.1) is 0 Å². The zero-order valence-electron chi connectivity index (χ0n) is 12.4. The molecule has 0 bridgehead atoms. The van der Waals surface area contributed by atoms with Crippen LogP contribution >= 0.6 is 0 Å². The smallest absolute Gasteiger partial charge is 0.253 e. The van der Waals surface area contributed by atoms with E-state index in [0.29, 0.717) is 25.1 Å². The van der Waals surface area contributed by atoms with Crippen LogP contribution in [0.4, 0.5) is 5.69 Å². The van der Waals surface area contributed by atoms with E-state index < -0.39 is 0 Å². The minimum absolute atomic E-state index is 0.0200. The Morgan fingerprint density at radius 1 is 1.35 bits per heavy atom. The molecule has 1 saturated heterocycles. The first kappa shape index (κ1) is 14.9. The summed E-state index contributed by atoms with van der Waals surface area (Å²) < 4.78 is 0. The van der Waals surface area contributed by atoms with Gasteiger partial charge in [-0.15, -0.1) is 0 Å². The molecule has 1 aliphatic rings. The number of likely N-dealkylation sites (tertiary alicyclic amines) is 1. The van der Waals surface area contributed by atoms with Crippen molar-refractivity contribution in [2.24, 2.45) is 0 Å². The Morgan fingerprint density at radius 3 is 2.55 bits per heavy atom. The maximum atomic E-state index is 12.3. The number of hydrogen-bond acceptors (Lipinski definition) is 3. The summed E-state index contributed by atoms with van der Waals surface area (Å²) in [4.78, 5) is 16.3. The van der Waals surface area contributed by atoms with Gasteiger partial charge in [-0.2, -0.15) is 0 Å². The van der Waals surface area contributed by atoms with Crippen LogP contribution in [0.25, 0.3) is 0 Å². The number of hydrogen-bond donors (Lipinski definition) is 1. The second-order valence-electron chi connectivity index (χ2n) is 5.32. The summed E-state index contributed by atoms with van der Waals surface area (Å²) in [5.74, 6) is 0.0200. The molecule has 2 rings (SSSR count). The molecule has 0 saturated carbocycles. The third-order valence-corrected chi connectivity index (χ3v) is 3.81. The highest BCUT2D eigenvalue weighted by Crippen LogP contribution is 2.18. The molecule has 1 aromatic rings. The van der Waals surface area contributed by atoms with E-state index in [0.717, 1.165) is 25.2 Å². The Balaban J connectivity index is 2.05. The molecular formula is C16H24N2O2. The van der Waals surface area contributed by atoms with Crippen LogP contribution in [-0.2, 0) is 0 Å². The van der Waals surface area contributed by atoms with Crippen LogP contribution < -0.4 is 4.90 Å². The summed E-state index contributed by atoms with van der Waals surface area (Å²) in [7, 11) is 0. The minimum Gasteiger partial charge on any atom is -0.391 e. The van der Waals surface area contributed by atoms with E-state index in [4.69, 9.17) is 0 Å². The van der Waals surface area contributed by atoms with E-state index in [1.165, 1.54) is 0 Å². The zero-order chi connectivity index (χ0) is 14.5. The molecule has 0 unspecified atom stereocenters. The van der Waals surface area contributed by atoms with E-state index in [1.807, 2.05) is 24.3 Å². The van der Waals surface area contributed by atoms with Gasteiger partial charge >= 0.3 is 0 Å². The maximum absolute atomic E-state index is 12.3. The number of β-amino-alcohol motifs (C(OH)–C–C–N with tert-alkyl or cyclic N) is 1. The highest BCUT2D eigenvalue weighted by Gasteiger charge is 2.25. The molecule has 1 atom stereocenters. The van der Waals surface area contributed by atoms with Crippen LogP contribution in [0.1, 0.15) is 37.0 Å². The molecule has 4 heteroatoms. The largest absolute Gasteiger partial charge is 0.391 e. The first-order valence-electron chi connectivity index (χ1n) is 7.48. The molecule has 0 aliphatic carbocycles. The Kier molecular flexibility index (Phi) is 5.01. The number of aliphatic hydroxyl groups excluding tert-OH is 1. The molecule has 1 aromatic carbocycles. The van der Waals surface area contributed by atoms with Crippen molar-refractivity contribution in [3.63, 3.8) is 0 Å². The lowest BCUT2D eigenvalue weighted by molar-refractivity contribution is 0.0765. The molecule has 1 aliphatic heterocycles. The molecule has 0 spiro atoms. The molecule has 110 valence electrons. The van der Waals surface area contributed by atoms with Gasteiger partial charge in [0.2, 0.25) is 0 Å². The number of anilines is 1. The molecule has 1 fully saturated rings. The van der Waals surface area contributed by atoms with Crippen molar-refractivity contribution in [3.8, 4) is 0 Å². The summed E-state index contributed by atoms with van der Waals surface area (Å²) in [6, 6.07) is 7.80. The van der Waals surface area contributed by atoms with Crippen LogP contribution in [0.5, 0.6) is 0 Å². The Morgan fingerprint density at radius 2 is 2.05 bits per heavy atom. The molecule has 4 nitrogen and oxygen atoms in total. The van der Waals surface area contributed by atoms with Gasteiger partial charge in [0, 0.05) is 37.4 Å². The molecular weight excluding hydrogens is 252 g/mol. The Bertz CT molecular complexity index is 444. The first-order chi connectivity index (χ1) is 9.65. The van der Waals surface area contributed by atoms with Gasteiger partial charge < -0.3 is 14.9 Å².